The van der Waals surface area contributed by atoms with Crippen LogP contribution in [0.4, 0.5) is 0 Å². The molecule has 1 aliphatic rings. The fourth-order valence-corrected chi connectivity index (χ4v) is 2.87. The summed E-state index contributed by atoms with van der Waals surface area (Å²) < 4.78 is 5.64. The Morgan fingerprint density at radius 2 is 2.17 bits per heavy atom. The number of ether oxygens (including phenoxy) is 1. The molecule has 0 fully saturated rings. The molecule has 1 atom stereocenters. The summed E-state index contributed by atoms with van der Waals surface area (Å²) >= 11 is 1.94. The van der Waals surface area contributed by atoms with Crippen molar-refractivity contribution >= 4 is 11.8 Å². The summed E-state index contributed by atoms with van der Waals surface area (Å²) in [6.07, 6.45) is 6.09. The maximum absolute atomic E-state index is 5.64. The zero-order chi connectivity index (χ0) is 12.6. The van der Waals surface area contributed by atoms with E-state index in [2.05, 4.69) is 35.8 Å². The Morgan fingerprint density at radius 1 is 1.28 bits per heavy atom. The third-order valence-corrected chi connectivity index (χ3v) is 4.09. The van der Waals surface area contributed by atoms with Gasteiger partial charge in [0.15, 0.2) is 0 Å². The molecule has 0 aliphatic carbocycles. The highest BCUT2D eigenvalue weighted by Crippen LogP contribution is 2.24. The molecule has 1 heterocycles. The van der Waals surface area contributed by atoms with Gasteiger partial charge in [0.05, 0.1) is 19.3 Å². The van der Waals surface area contributed by atoms with Gasteiger partial charge in [-0.1, -0.05) is 30.7 Å². The van der Waals surface area contributed by atoms with Crippen molar-refractivity contribution in [3.8, 4) is 0 Å². The molecule has 1 aliphatic heterocycles. The molecule has 2 rings (SSSR count). The second-order valence-electron chi connectivity index (χ2n) is 4.77. The van der Waals surface area contributed by atoms with Gasteiger partial charge in [0.2, 0.25) is 0 Å². The molecule has 0 saturated heterocycles. The molecule has 1 aromatic carbocycles. The summed E-state index contributed by atoms with van der Waals surface area (Å²) in [5, 5.41) is 3.62. The highest BCUT2D eigenvalue weighted by Gasteiger charge is 2.18. The van der Waals surface area contributed by atoms with Crippen molar-refractivity contribution in [3.05, 3.63) is 35.4 Å². The number of benzene rings is 1. The van der Waals surface area contributed by atoms with E-state index < -0.39 is 0 Å². The van der Waals surface area contributed by atoms with Gasteiger partial charge in [-0.2, -0.15) is 11.8 Å². The van der Waals surface area contributed by atoms with E-state index in [1.807, 2.05) is 11.8 Å². The molecule has 3 heteroatoms. The van der Waals surface area contributed by atoms with Gasteiger partial charge in [0.1, 0.15) is 0 Å². The number of nitrogens with one attached hydrogen (secondary N) is 1. The minimum absolute atomic E-state index is 0.385. The first kappa shape index (κ1) is 13.9. The standard InChI is InChI=1S/C15H23NOS/c1-18-10-6-2-5-9-16-15-12-17-11-13-7-3-4-8-14(13)15/h3-4,7-8,15-16H,2,5-6,9-12H2,1H3. The molecular formula is C15H23NOS. The number of unbranched alkanes of at least 4 members (excludes halogenated alkanes) is 2. The van der Waals surface area contributed by atoms with Gasteiger partial charge in [0, 0.05) is 0 Å². The van der Waals surface area contributed by atoms with Crippen LogP contribution in [0.2, 0.25) is 0 Å². The zero-order valence-electron chi connectivity index (χ0n) is 11.2. The minimum Gasteiger partial charge on any atom is -0.375 e. The summed E-state index contributed by atoms with van der Waals surface area (Å²) in [6, 6.07) is 8.99. The molecule has 0 amide bonds. The molecule has 2 nitrogen and oxygen atoms in total. The van der Waals surface area contributed by atoms with Gasteiger partial charge in [-0.15, -0.1) is 0 Å². The molecular weight excluding hydrogens is 242 g/mol. The predicted octanol–water partition coefficient (Wildman–Crippen LogP) is 3.38. The van der Waals surface area contributed by atoms with Gasteiger partial charge >= 0.3 is 0 Å². The lowest BCUT2D eigenvalue weighted by molar-refractivity contribution is 0.0821. The zero-order valence-corrected chi connectivity index (χ0v) is 12.0. The van der Waals surface area contributed by atoms with Crippen molar-refractivity contribution < 1.29 is 4.74 Å². The summed E-state index contributed by atoms with van der Waals surface area (Å²) in [7, 11) is 0. The van der Waals surface area contributed by atoms with Gasteiger partial charge in [-0.3, -0.25) is 0 Å². The number of thioether (sulfide) groups is 1. The molecule has 0 aromatic heterocycles. The van der Waals surface area contributed by atoms with Gasteiger partial charge in [0.25, 0.3) is 0 Å². The topological polar surface area (TPSA) is 21.3 Å². The van der Waals surface area contributed by atoms with E-state index in [1.165, 1.54) is 36.1 Å². The van der Waals surface area contributed by atoms with Crippen LogP contribution in [0.15, 0.2) is 24.3 Å². The lowest BCUT2D eigenvalue weighted by atomic mass is 9.99. The van der Waals surface area contributed by atoms with Crippen molar-refractivity contribution in [1.29, 1.82) is 0 Å². The van der Waals surface area contributed by atoms with Crippen molar-refractivity contribution in [3.63, 3.8) is 0 Å². The van der Waals surface area contributed by atoms with Gasteiger partial charge in [-0.05, 0) is 42.5 Å². The molecule has 18 heavy (non-hydrogen) atoms. The lowest BCUT2D eigenvalue weighted by Crippen LogP contribution is -2.30. The largest absolute Gasteiger partial charge is 0.375 e. The highest BCUT2D eigenvalue weighted by molar-refractivity contribution is 7.98. The van der Waals surface area contributed by atoms with E-state index in [1.54, 1.807) is 0 Å². The van der Waals surface area contributed by atoms with Crippen molar-refractivity contribution in [2.45, 2.75) is 31.9 Å². The Bertz CT molecular complexity index is 356. The first-order valence-corrected chi connectivity index (χ1v) is 8.19. The van der Waals surface area contributed by atoms with Crippen LogP contribution in [-0.4, -0.2) is 25.2 Å². The monoisotopic (exact) mass is 265 g/mol. The fraction of sp³-hybridized carbons (Fsp3) is 0.600. The van der Waals surface area contributed by atoms with E-state index >= 15 is 0 Å². The Hall–Kier alpha value is -0.510. The number of hydrogen-bond acceptors (Lipinski definition) is 3. The normalized spacial score (nSPS) is 18.6. The third-order valence-electron chi connectivity index (χ3n) is 3.39. The average Bonchev–Trinajstić information content (AvgIpc) is 2.43. The van der Waals surface area contributed by atoms with Crippen LogP contribution in [0.3, 0.4) is 0 Å². The molecule has 0 bridgehead atoms. The van der Waals surface area contributed by atoms with Crippen LogP contribution in [-0.2, 0) is 11.3 Å². The maximum Gasteiger partial charge on any atom is 0.0721 e. The number of fused-ring (bicyclic) bond motifs is 1. The van der Waals surface area contributed by atoms with Crippen LogP contribution >= 0.6 is 11.8 Å². The Labute approximate surface area is 114 Å². The molecule has 0 radical (unpaired) electrons. The summed E-state index contributed by atoms with van der Waals surface area (Å²) in [5.41, 5.74) is 2.76. The van der Waals surface area contributed by atoms with Crippen LogP contribution in [0.1, 0.15) is 36.4 Å². The Balaban J connectivity index is 1.74. The fourth-order valence-electron chi connectivity index (χ4n) is 2.38. The molecule has 1 N–H and O–H groups in total. The van der Waals surface area contributed by atoms with E-state index in [0.717, 1.165) is 19.8 Å². The van der Waals surface area contributed by atoms with Gasteiger partial charge in [-0.25, -0.2) is 0 Å². The Morgan fingerprint density at radius 3 is 3.06 bits per heavy atom. The van der Waals surface area contributed by atoms with E-state index in [4.69, 9.17) is 4.74 Å². The smallest absolute Gasteiger partial charge is 0.0721 e. The van der Waals surface area contributed by atoms with Crippen LogP contribution in [0, 0.1) is 0 Å². The average molecular weight is 265 g/mol. The quantitative estimate of drug-likeness (QED) is 0.764. The molecule has 1 aromatic rings. The molecule has 100 valence electrons. The summed E-state index contributed by atoms with van der Waals surface area (Å²) in [4.78, 5) is 0. The second-order valence-corrected chi connectivity index (χ2v) is 5.76. The third kappa shape index (κ3) is 4.01. The van der Waals surface area contributed by atoms with Crippen molar-refractivity contribution in [2.75, 3.05) is 25.2 Å². The molecule has 1 unspecified atom stereocenters. The van der Waals surface area contributed by atoms with Crippen molar-refractivity contribution in [2.24, 2.45) is 0 Å². The number of hydrogen-bond donors (Lipinski definition) is 1. The molecule has 0 spiro atoms. The lowest BCUT2D eigenvalue weighted by Gasteiger charge is -2.26. The predicted molar refractivity (Wildman–Crippen MR) is 79.1 cm³/mol. The van der Waals surface area contributed by atoms with Crippen LogP contribution in [0.25, 0.3) is 0 Å². The first-order valence-electron chi connectivity index (χ1n) is 6.79. The summed E-state index contributed by atoms with van der Waals surface area (Å²) in [6.45, 7) is 2.67. The Kier molecular flexibility index (Phi) is 6.05. The SMILES string of the molecule is CSCCCCCNC1COCc2ccccc21. The van der Waals surface area contributed by atoms with E-state index in [9.17, 15) is 0 Å². The van der Waals surface area contributed by atoms with E-state index in [0.29, 0.717) is 6.04 Å². The molecule has 0 saturated carbocycles. The van der Waals surface area contributed by atoms with Gasteiger partial charge < -0.3 is 10.1 Å². The first-order chi connectivity index (χ1) is 8.92. The summed E-state index contributed by atoms with van der Waals surface area (Å²) in [5.74, 6) is 1.29. The highest BCUT2D eigenvalue weighted by atomic mass is 32.2. The van der Waals surface area contributed by atoms with E-state index in [-0.39, 0.29) is 0 Å². The minimum atomic E-state index is 0.385. The van der Waals surface area contributed by atoms with Crippen molar-refractivity contribution in [1.82, 2.24) is 5.32 Å². The maximum atomic E-state index is 5.64. The van der Waals surface area contributed by atoms with Crippen LogP contribution in [0.5, 0.6) is 0 Å². The second kappa shape index (κ2) is 7.82. The number of rotatable bonds is 7. The van der Waals surface area contributed by atoms with Crippen LogP contribution < -0.4 is 5.32 Å².